The van der Waals surface area contributed by atoms with Gasteiger partial charge in [-0.3, -0.25) is 5.41 Å². The maximum absolute atomic E-state index is 12.3. The van der Waals surface area contributed by atoms with Crippen LogP contribution in [0.5, 0.6) is 0 Å². The minimum absolute atomic E-state index is 0.232. The number of ether oxygens (including phenoxy) is 1. The molecule has 1 saturated heterocycles. The number of carbonyl (C=O) groups excluding carboxylic acids is 1. The van der Waals surface area contributed by atoms with Crippen molar-refractivity contribution in [3.05, 3.63) is 41.7 Å². The monoisotopic (exact) mass is 396 g/mol. The molecule has 0 radical (unpaired) electrons. The summed E-state index contributed by atoms with van der Waals surface area (Å²) in [4.78, 5) is 26.8. The Balaban J connectivity index is 1.85. The van der Waals surface area contributed by atoms with Crippen LogP contribution in [-0.2, 0) is 4.74 Å². The van der Waals surface area contributed by atoms with Crippen molar-refractivity contribution < 1.29 is 14.9 Å². The fraction of sp³-hybridized carbons (Fsp3) is 0.350. The number of likely N-dealkylation sites (tertiary alicyclic amines) is 1. The number of rotatable bonds is 3. The van der Waals surface area contributed by atoms with E-state index in [1.165, 1.54) is 6.33 Å². The molecule has 0 aliphatic carbocycles. The molecule has 9 nitrogen and oxygen atoms in total. The molecule has 1 aromatic carbocycles. The third-order valence-corrected chi connectivity index (χ3v) is 4.31. The van der Waals surface area contributed by atoms with E-state index in [4.69, 9.17) is 21.6 Å². The predicted molar refractivity (Wildman–Crippen MR) is 112 cm³/mol. The van der Waals surface area contributed by atoms with Gasteiger partial charge in [-0.1, -0.05) is 0 Å². The Hall–Kier alpha value is -3.49. The summed E-state index contributed by atoms with van der Waals surface area (Å²) < 4.78 is 5.42. The van der Waals surface area contributed by atoms with Crippen LogP contribution in [0.1, 0.15) is 38.3 Å². The van der Waals surface area contributed by atoms with Gasteiger partial charge in [-0.05, 0) is 45.0 Å². The standard InChI is InChI=1S/C20H25N7O2/c1-20(2,3)29-19(28)27-9-8-14(10-27)26-18-15(17(23)24-11-25-18)16(22)12-4-6-13(21)7-5-12/h4-7,11,22H,8-10,21H2,1-3H3,(H2,23,24,25)/p+1. The number of carbonyl (C=O) groups is 1. The molecule has 152 valence electrons. The number of amides is 1. The summed E-state index contributed by atoms with van der Waals surface area (Å²) in [7, 11) is 0. The topological polar surface area (TPSA) is 145 Å². The fourth-order valence-corrected chi connectivity index (χ4v) is 2.91. The molecule has 0 bridgehead atoms. The van der Waals surface area contributed by atoms with E-state index in [9.17, 15) is 4.79 Å². The average Bonchev–Trinajstić information content (AvgIpc) is 3.09. The van der Waals surface area contributed by atoms with Crippen LogP contribution in [0.3, 0.4) is 0 Å². The number of nitrogen functional groups attached to an aromatic ring is 2. The lowest BCUT2D eigenvalue weighted by atomic mass is 10.0. The van der Waals surface area contributed by atoms with Crippen molar-refractivity contribution in [2.75, 3.05) is 24.6 Å². The van der Waals surface area contributed by atoms with Crippen molar-refractivity contribution in [1.29, 1.82) is 0 Å². The zero-order valence-electron chi connectivity index (χ0n) is 16.8. The van der Waals surface area contributed by atoms with Crippen LogP contribution in [0.25, 0.3) is 0 Å². The van der Waals surface area contributed by atoms with Crippen molar-refractivity contribution in [2.45, 2.75) is 32.8 Å². The maximum Gasteiger partial charge on any atom is 0.410 e. The van der Waals surface area contributed by atoms with Crippen LogP contribution < -0.4 is 16.9 Å². The van der Waals surface area contributed by atoms with E-state index in [1.54, 1.807) is 29.2 Å². The average molecular weight is 396 g/mol. The minimum atomic E-state index is -0.548. The number of nitrogens with zero attached hydrogens (tertiary/aromatic N) is 4. The highest BCUT2D eigenvalue weighted by atomic mass is 16.6. The van der Waals surface area contributed by atoms with E-state index in [0.29, 0.717) is 42.3 Å². The van der Waals surface area contributed by atoms with Crippen LogP contribution in [0.15, 0.2) is 35.6 Å². The molecular formula is C20H26N7O2+. The fourth-order valence-electron chi connectivity index (χ4n) is 2.91. The predicted octanol–water partition coefficient (Wildman–Crippen LogP) is 0.951. The summed E-state index contributed by atoms with van der Waals surface area (Å²) in [6.45, 7) is 6.39. The number of nitrogens with two attached hydrogens (primary N) is 3. The van der Waals surface area contributed by atoms with Gasteiger partial charge in [0.25, 0.3) is 0 Å². The van der Waals surface area contributed by atoms with Crippen molar-refractivity contribution in [1.82, 2.24) is 14.9 Å². The van der Waals surface area contributed by atoms with Gasteiger partial charge in [-0.25, -0.2) is 19.8 Å². The van der Waals surface area contributed by atoms with Gasteiger partial charge in [-0.2, -0.15) is 0 Å². The molecule has 1 aliphatic heterocycles. The molecule has 1 fully saturated rings. The number of anilines is 2. The van der Waals surface area contributed by atoms with Crippen LogP contribution >= 0.6 is 0 Å². The summed E-state index contributed by atoms with van der Waals surface area (Å²) in [6, 6.07) is 7.11. The Morgan fingerprint density at radius 3 is 2.55 bits per heavy atom. The van der Waals surface area contributed by atoms with E-state index in [0.717, 1.165) is 11.3 Å². The Kier molecular flexibility index (Phi) is 5.49. The zero-order valence-corrected chi connectivity index (χ0v) is 16.8. The van der Waals surface area contributed by atoms with E-state index in [1.807, 2.05) is 20.8 Å². The molecule has 0 unspecified atom stereocenters. The SMILES string of the molecule is CC(C)(C)OC(=O)N1CCC(=Nc2ncnc(N)c2C(=[NH2+])c2ccc(N)cc2)C1. The molecule has 0 atom stereocenters. The normalized spacial score (nSPS) is 15.6. The second kappa shape index (κ2) is 7.86. The van der Waals surface area contributed by atoms with E-state index in [-0.39, 0.29) is 11.9 Å². The quantitative estimate of drug-likeness (QED) is 0.520. The summed E-state index contributed by atoms with van der Waals surface area (Å²) in [6.07, 6.45) is 1.59. The van der Waals surface area contributed by atoms with Gasteiger partial charge in [0, 0.05) is 29.9 Å². The van der Waals surface area contributed by atoms with Crippen LogP contribution in [0, 0.1) is 0 Å². The number of hydrogen-bond acceptors (Lipinski definition) is 7. The summed E-state index contributed by atoms with van der Waals surface area (Å²) in [5, 5.41) is 6.35. The molecular weight excluding hydrogens is 370 g/mol. The molecule has 9 heteroatoms. The molecule has 1 aromatic heterocycles. The Bertz CT molecular complexity index is 962. The molecule has 6 N–H and O–H groups in total. The van der Waals surface area contributed by atoms with Gasteiger partial charge >= 0.3 is 6.09 Å². The van der Waals surface area contributed by atoms with E-state index < -0.39 is 5.60 Å². The Morgan fingerprint density at radius 2 is 1.90 bits per heavy atom. The van der Waals surface area contributed by atoms with Crippen molar-refractivity contribution in [3.63, 3.8) is 0 Å². The lowest BCUT2D eigenvalue weighted by Gasteiger charge is -2.23. The summed E-state index contributed by atoms with van der Waals surface area (Å²) in [5.74, 6) is 0.600. The third-order valence-electron chi connectivity index (χ3n) is 4.31. The molecule has 2 heterocycles. The maximum atomic E-state index is 12.3. The lowest BCUT2D eigenvalue weighted by Crippen LogP contribution is -2.41. The van der Waals surface area contributed by atoms with E-state index in [2.05, 4.69) is 15.0 Å². The first-order chi connectivity index (χ1) is 13.6. The Labute approximate surface area is 169 Å². The van der Waals surface area contributed by atoms with Crippen LogP contribution in [0.4, 0.5) is 22.1 Å². The van der Waals surface area contributed by atoms with Crippen molar-refractivity contribution in [2.24, 2.45) is 4.99 Å². The number of hydrogen-bond donors (Lipinski definition) is 3. The summed E-state index contributed by atoms with van der Waals surface area (Å²) in [5.41, 5.74) is 14.3. The molecule has 0 saturated carbocycles. The zero-order chi connectivity index (χ0) is 21.2. The molecule has 0 spiro atoms. The third kappa shape index (κ3) is 4.87. The lowest BCUT2D eigenvalue weighted by molar-refractivity contribution is -0.111. The number of aromatic nitrogens is 2. The molecule has 1 amide bonds. The first-order valence-corrected chi connectivity index (χ1v) is 9.27. The highest BCUT2D eigenvalue weighted by molar-refractivity contribution is 6.14. The smallest absolute Gasteiger partial charge is 0.410 e. The second-order valence-corrected chi connectivity index (χ2v) is 7.82. The number of aliphatic imine (C=N–C) groups is 1. The van der Waals surface area contributed by atoms with Gasteiger partial charge in [0.2, 0.25) is 5.71 Å². The highest BCUT2D eigenvalue weighted by Crippen LogP contribution is 2.25. The highest BCUT2D eigenvalue weighted by Gasteiger charge is 2.28. The number of benzene rings is 1. The van der Waals surface area contributed by atoms with Crippen LogP contribution in [-0.4, -0.2) is 51.1 Å². The molecule has 2 aromatic rings. The van der Waals surface area contributed by atoms with E-state index >= 15 is 0 Å². The summed E-state index contributed by atoms with van der Waals surface area (Å²) >= 11 is 0. The molecule has 29 heavy (non-hydrogen) atoms. The van der Waals surface area contributed by atoms with Gasteiger partial charge in [0.15, 0.2) is 5.82 Å². The van der Waals surface area contributed by atoms with Gasteiger partial charge in [-0.15, -0.1) is 0 Å². The van der Waals surface area contributed by atoms with Crippen molar-refractivity contribution in [3.8, 4) is 0 Å². The van der Waals surface area contributed by atoms with Crippen LogP contribution in [0.2, 0.25) is 0 Å². The largest absolute Gasteiger partial charge is 0.444 e. The Morgan fingerprint density at radius 1 is 1.21 bits per heavy atom. The second-order valence-electron chi connectivity index (χ2n) is 7.82. The van der Waals surface area contributed by atoms with Gasteiger partial charge < -0.3 is 21.1 Å². The molecule has 3 rings (SSSR count). The van der Waals surface area contributed by atoms with Gasteiger partial charge in [0.1, 0.15) is 23.3 Å². The van der Waals surface area contributed by atoms with Crippen molar-refractivity contribution >= 4 is 34.8 Å². The molecule has 1 aliphatic rings. The first-order valence-electron chi connectivity index (χ1n) is 9.27. The first kappa shape index (κ1) is 20.2. The minimum Gasteiger partial charge on any atom is -0.444 e. The van der Waals surface area contributed by atoms with Gasteiger partial charge in [0.05, 0.1) is 6.54 Å².